The van der Waals surface area contributed by atoms with Gasteiger partial charge in [-0.25, -0.2) is 18.7 Å². The molecule has 130 valence electrons. The number of aromatic nitrogens is 2. The number of amides is 1. The highest BCUT2D eigenvalue weighted by atomic mass is 19.1. The van der Waals surface area contributed by atoms with Crippen LogP contribution < -0.4 is 5.32 Å². The zero-order chi connectivity index (χ0) is 18.4. The fourth-order valence-corrected chi connectivity index (χ4v) is 2.26. The number of hydrogen-bond donors (Lipinski definition) is 1. The molecule has 0 aliphatic heterocycles. The maximum absolute atomic E-state index is 13.0. The van der Waals surface area contributed by atoms with Gasteiger partial charge >= 0.3 is 0 Å². The molecule has 6 heteroatoms. The Morgan fingerprint density at radius 2 is 1.62 bits per heavy atom. The molecule has 0 fully saturated rings. The largest absolute Gasteiger partial charge is 0.347 e. The Kier molecular flexibility index (Phi) is 5.43. The molecule has 0 aliphatic carbocycles. The average molecular weight is 351 g/mol. The molecule has 3 aromatic rings. The van der Waals surface area contributed by atoms with Gasteiger partial charge in [-0.2, -0.15) is 0 Å². The minimum Gasteiger partial charge on any atom is -0.347 e. The Bertz CT molecular complexity index is 923. The van der Waals surface area contributed by atoms with Crippen LogP contribution in [0.25, 0.3) is 17.3 Å². The highest BCUT2D eigenvalue weighted by Gasteiger charge is 2.04. The van der Waals surface area contributed by atoms with Crippen molar-refractivity contribution < 1.29 is 13.6 Å². The van der Waals surface area contributed by atoms with Gasteiger partial charge in [-0.3, -0.25) is 4.79 Å². The van der Waals surface area contributed by atoms with Crippen LogP contribution in [0.5, 0.6) is 0 Å². The van der Waals surface area contributed by atoms with Crippen LogP contribution in [0.2, 0.25) is 0 Å². The molecule has 0 saturated carbocycles. The number of nitrogens with zero attached hydrogens (tertiary/aromatic N) is 2. The van der Waals surface area contributed by atoms with Crippen molar-refractivity contribution in [2.75, 3.05) is 0 Å². The fourth-order valence-electron chi connectivity index (χ4n) is 2.26. The molecule has 0 atom stereocenters. The Morgan fingerprint density at radius 1 is 0.962 bits per heavy atom. The Morgan fingerprint density at radius 3 is 2.31 bits per heavy atom. The Labute approximate surface area is 149 Å². The molecule has 0 unspecified atom stereocenters. The van der Waals surface area contributed by atoms with Gasteiger partial charge < -0.3 is 5.32 Å². The van der Waals surface area contributed by atoms with E-state index in [9.17, 15) is 13.6 Å². The van der Waals surface area contributed by atoms with E-state index in [1.807, 2.05) is 0 Å². The van der Waals surface area contributed by atoms with Gasteiger partial charge in [0, 0.05) is 11.6 Å². The van der Waals surface area contributed by atoms with E-state index < -0.39 is 0 Å². The molecular formula is C20H15F2N3O. The Hall–Kier alpha value is -3.41. The van der Waals surface area contributed by atoms with Gasteiger partial charge in [0.2, 0.25) is 5.91 Å². The lowest BCUT2D eigenvalue weighted by molar-refractivity contribution is -0.116. The second-order valence-corrected chi connectivity index (χ2v) is 5.50. The minimum absolute atomic E-state index is 0.226. The third-order valence-electron chi connectivity index (χ3n) is 3.60. The number of carbonyl (C=O) groups is 1. The van der Waals surface area contributed by atoms with E-state index in [4.69, 9.17) is 0 Å². The summed E-state index contributed by atoms with van der Waals surface area (Å²) in [6.45, 7) is 0.226. The summed E-state index contributed by atoms with van der Waals surface area (Å²) in [6, 6.07) is 13.5. The van der Waals surface area contributed by atoms with Crippen molar-refractivity contribution >= 4 is 12.0 Å². The lowest BCUT2D eigenvalue weighted by Crippen LogP contribution is -2.20. The minimum atomic E-state index is -0.327. The highest BCUT2D eigenvalue weighted by molar-refractivity contribution is 5.91. The fraction of sp³-hybridized carbons (Fsp3) is 0.0500. The summed E-state index contributed by atoms with van der Waals surface area (Å²) in [5.41, 5.74) is 2.76. The molecule has 1 N–H and O–H groups in total. The summed E-state index contributed by atoms with van der Waals surface area (Å²) >= 11 is 0. The van der Waals surface area contributed by atoms with E-state index in [0.717, 1.165) is 11.1 Å². The van der Waals surface area contributed by atoms with Crippen molar-refractivity contribution in [1.82, 2.24) is 15.3 Å². The first-order valence-corrected chi connectivity index (χ1v) is 7.88. The monoisotopic (exact) mass is 351 g/mol. The molecule has 3 rings (SSSR count). The van der Waals surface area contributed by atoms with Gasteiger partial charge in [-0.15, -0.1) is 0 Å². The average Bonchev–Trinajstić information content (AvgIpc) is 2.67. The summed E-state index contributed by atoms with van der Waals surface area (Å²) in [5.74, 6) is -0.938. The van der Waals surface area contributed by atoms with Crippen molar-refractivity contribution in [3.8, 4) is 11.3 Å². The molecule has 1 amide bonds. The van der Waals surface area contributed by atoms with Crippen LogP contribution in [0.1, 0.15) is 11.3 Å². The van der Waals surface area contributed by atoms with Gasteiger partial charge in [0.15, 0.2) is 0 Å². The van der Waals surface area contributed by atoms with Gasteiger partial charge in [0.1, 0.15) is 18.0 Å². The summed E-state index contributed by atoms with van der Waals surface area (Å²) in [6.07, 6.45) is 4.36. The topological polar surface area (TPSA) is 54.9 Å². The van der Waals surface area contributed by atoms with Crippen molar-refractivity contribution in [2.45, 2.75) is 6.54 Å². The first kappa shape index (κ1) is 17.4. The molecule has 2 aromatic carbocycles. The zero-order valence-electron chi connectivity index (χ0n) is 13.7. The number of carbonyl (C=O) groups excluding carboxylic acids is 1. The molecule has 0 aliphatic rings. The number of hydrogen-bond acceptors (Lipinski definition) is 3. The normalized spacial score (nSPS) is 10.8. The van der Waals surface area contributed by atoms with E-state index in [0.29, 0.717) is 11.4 Å². The molecule has 0 bridgehead atoms. The number of halogens is 2. The van der Waals surface area contributed by atoms with Crippen LogP contribution in [-0.4, -0.2) is 15.9 Å². The first-order chi connectivity index (χ1) is 12.6. The molecule has 1 aromatic heterocycles. The summed E-state index contributed by atoms with van der Waals surface area (Å²) in [5, 5.41) is 2.72. The van der Waals surface area contributed by atoms with Crippen molar-refractivity contribution in [3.05, 3.63) is 89.9 Å². The molecule has 1 heterocycles. The van der Waals surface area contributed by atoms with E-state index in [-0.39, 0.29) is 24.1 Å². The number of rotatable bonds is 5. The summed E-state index contributed by atoms with van der Waals surface area (Å²) in [7, 11) is 0. The number of benzene rings is 2. The van der Waals surface area contributed by atoms with Crippen molar-refractivity contribution in [3.63, 3.8) is 0 Å². The lowest BCUT2D eigenvalue weighted by atomic mass is 10.1. The molecule has 0 saturated heterocycles. The van der Waals surface area contributed by atoms with E-state index in [1.54, 1.807) is 36.4 Å². The standard InChI is InChI=1S/C20H15F2N3O/c21-16-6-1-14(2-7-16)3-10-20(26)23-12-18-11-19(25-13-24-18)15-4-8-17(22)9-5-15/h1-11,13H,12H2,(H,23,26)/b10-3+. The van der Waals surface area contributed by atoms with Crippen molar-refractivity contribution in [2.24, 2.45) is 0 Å². The molecule has 4 nitrogen and oxygen atoms in total. The zero-order valence-corrected chi connectivity index (χ0v) is 13.7. The predicted molar refractivity (Wildman–Crippen MR) is 94.7 cm³/mol. The van der Waals surface area contributed by atoms with Crippen LogP contribution in [0.3, 0.4) is 0 Å². The Balaban J connectivity index is 1.60. The summed E-state index contributed by atoms with van der Waals surface area (Å²) in [4.78, 5) is 20.2. The maximum atomic E-state index is 13.0. The second-order valence-electron chi connectivity index (χ2n) is 5.50. The van der Waals surface area contributed by atoms with Crippen LogP contribution >= 0.6 is 0 Å². The SMILES string of the molecule is O=C(/C=C/c1ccc(F)cc1)NCc1cc(-c2ccc(F)cc2)ncn1. The maximum Gasteiger partial charge on any atom is 0.244 e. The van der Waals surface area contributed by atoms with E-state index in [2.05, 4.69) is 15.3 Å². The summed E-state index contributed by atoms with van der Waals surface area (Å²) < 4.78 is 25.8. The predicted octanol–water partition coefficient (Wildman–Crippen LogP) is 3.75. The third kappa shape index (κ3) is 4.80. The molecule has 0 radical (unpaired) electrons. The number of nitrogens with one attached hydrogen (secondary N) is 1. The third-order valence-corrected chi connectivity index (χ3v) is 3.60. The van der Waals surface area contributed by atoms with Gasteiger partial charge in [0.05, 0.1) is 17.9 Å². The van der Waals surface area contributed by atoms with E-state index >= 15 is 0 Å². The molecular weight excluding hydrogens is 336 g/mol. The second kappa shape index (κ2) is 8.11. The lowest BCUT2D eigenvalue weighted by Gasteiger charge is -2.05. The first-order valence-electron chi connectivity index (χ1n) is 7.88. The van der Waals surface area contributed by atoms with E-state index in [1.165, 1.54) is 36.7 Å². The van der Waals surface area contributed by atoms with Crippen LogP contribution in [0.4, 0.5) is 8.78 Å². The smallest absolute Gasteiger partial charge is 0.244 e. The van der Waals surface area contributed by atoms with Gasteiger partial charge in [0.25, 0.3) is 0 Å². The van der Waals surface area contributed by atoms with Crippen molar-refractivity contribution in [1.29, 1.82) is 0 Å². The van der Waals surface area contributed by atoms with Gasteiger partial charge in [-0.05, 0) is 54.1 Å². The van der Waals surface area contributed by atoms with Gasteiger partial charge in [-0.1, -0.05) is 12.1 Å². The van der Waals surface area contributed by atoms with Crippen LogP contribution in [-0.2, 0) is 11.3 Å². The van der Waals surface area contributed by atoms with Crippen LogP contribution in [0, 0.1) is 11.6 Å². The molecule has 0 spiro atoms. The highest BCUT2D eigenvalue weighted by Crippen LogP contribution is 2.17. The van der Waals surface area contributed by atoms with Crippen LogP contribution in [0.15, 0.2) is 67.0 Å². The quantitative estimate of drug-likeness (QED) is 0.712. The molecule has 26 heavy (non-hydrogen) atoms.